The third kappa shape index (κ3) is 6.58. The van der Waals surface area contributed by atoms with Crippen molar-refractivity contribution in [2.45, 2.75) is 26.2 Å². The molecule has 0 saturated carbocycles. The lowest BCUT2D eigenvalue weighted by Gasteiger charge is -2.21. The van der Waals surface area contributed by atoms with Gasteiger partial charge in [0, 0.05) is 13.0 Å². The maximum atomic E-state index is 12.6. The maximum absolute atomic E-state index is 12.6. The van der Waals surface area contributed by atoms with Gasteiger partial charge >= 0.3 is 5.97 Å². The normalized spacial score (nSPS) is 12.9. The summed E-state index contributed by atoms with van der Waals surface area (Å²) in [5, 5.41) is 19.6. The summed E-state index contributed by atoms with van der Waals surface area (Å²) in [6.45, 7) is 2.42. The molecule has 2 aromatic carbocycles. The minimum atomic E-state index is -0.910. The Morgan fingerprint density at radius 2 is 1.77 bits per heavy atom. The number of Topliss-reactive ketones (excluding diaryl/α,β-unsaturated/α-hetero) is 1. The van der Waals surface area contributed by atoms with Gasteiger partial charge < -0.3 is 9.84 Å². The first-order valence-corrected chi connectivity index (χ1v) is 10.4. The summed E-state index contributed by atoms with van der Waals surface area (Å²) >= 11 is 0. The van der Waals surface area contributed by atoms with Crippen LogP contribution in [-0.4, -0.2) is 45.5 Å². The predicted octanol–water partition coefficient (Wildman–Crippen LogP) is 4.03. The zero-order valence-corrected chi connectivity index (χ0v) is 17.5. The number of carbonyl (C=O) groups is 2. The number of carbonyl (C=O) groups excluding carboxylic acids is 1. The number of H-pyrrole nitrogens is 1. The molecule has 3 rings (SSSR count). The summed E-state index contributed by atoms with van der Waals surface area (Å²) in [6.07, 6.45) is 2.53. The molecule has 1 aromatic heterocycles. The van der Waals surface area contributed by atoms with Crippen LogP contribution in [-0.2, 0) is 16.0 Å². The van der Waals surface area contributed by atoms with Crippen LogP contribution in [0, 0.1) is 11.8 Å². The third-order valence-corrected chi connectivity index (χ3v) is 5.25. The molecule has 0 aliphatic rings. The summed E-state index contributed by atoms with van der Waals surface area (Å²) in [6, 6.07) is 18.3. The van der Waals surface area contributed by atoms with E-state index >= 15 is 0 Å². The smallest absolute Gasteiger partial charge is 0.308 e. The van der Waals surface area contributed by atoms with E-state index in [1.165, 1.54) is 6.20 Å². The van der Waals surface area contributed by atoms with Crippen LogP contribution in [0.1, 0.15) is 35.8 Å². The predicted molar refractivity (Wildman–Crippen MR) is 117 cm³/mol. The number of nitrogens with one attached hydrogen (secondary N) is 1. The van der Waals surface area contributed by atoms with Gasteiger partial charge in [-0.05, 0) is 42.4 Å². The van der Waals surface area contributed by atoms with Crippen LogP contribution in [0.4, 0.5) is 0 Å². The van der Waals surface area contributed by atoms with Crippen LogP contribution in [0.3, 0.4) is 0 Å². The number of aliphatic carboxylic acids is 1. The van der Waals surface area contributed by atoms with Gasteiger partial charge in [0.05, 0.1) is 18.7 Å². The van der Waals surface area contributed by atoms with Gasteiger partial charge in [-0.1, -0.05) is 54.6 Å². The second kappa shape index (κ2) is 11.2. The van der Waals surface area contributed by atoms with Gasteiger partial charge in [-0.2, -0.15) is 15.4 Å². The highest BCUT2D eigenvalue weighted by molar-refractivity contribution is 5.94. The SMILES string of the molecule is CCOC[C@H](C[C@H](CC(=O)c1cn[nH]n1)Cc1ccc(-c2ccccc2)cc1)C(=O)O. The second-order valence-electron chi connectivity index (χ2n) is 7.55. The Balaban J connectivity index is 1.74. The summed E-state index contributed by atoms with van der Waals surface area (Å²) in [5.74, 6) is -1.89. The first-order valence-electron chi connectivity index (χ1n) is 10.4. The number of nitrogens with zero attached hydrogens (tertiary/aromatic N) is 2. The van der Waals surface area contributed by atoms with Crippen LogP contribution in [0.15, 0.2) is 60.8 Å². The number of ketones is 1. The molecular formula is C24H27N3O4. The van der Waals surface area contributed by atoms with E-state index in [4.69, 9.17) is 4.74 Å². The zero-order chi connectivity index (χ0) is 22.1. The second-order valence-corrected chi connectivity index (χ2v) is 7.55. The molecule has 1 heterocycles. The highest BCUT2D eigenvalue weighted by Gasteiger charge is 2.26. The lowest BCUT2D eigenvalue weighted by molar-refractivity contribution is -0.144. The third-order valence-electron chi connectivity index (χ3n) is 5.25. The number of ether oxygens (including phenoxy) is 1. The average molecular weight is 421 g/mol. The monoisotopic (exact) mass is 421 g/mol. The Morgan fingerprint density at radius 1 is 1.06 bits per heavy atom. The van der Waals surface area contributed by atoms with Crippen LogP contribution in [0.5, 0.6) is 0 Å². The first kappa shape index (κ1) is 22.4. The fourth-order valence-corrected chi connectivity index (χ4v) is 3.64. The number of rotatable bonds is 12. The standard InChI is InChI=1S/C24H27N3O4/c1-2-31-16-21(24(29)30)13-18(14-23(28)22-15-25-27-26-22)12-17-8-10-20(11-9-17)19-6-4-3-5-7-19/h3-11,15,18,21H,2,12-14,16H2,1H3,(H,29,30)(H,25,26,27)/t18-,21+/m1/s1. The molecule has 31 heavy (non-hydrogen) atoms. The average Bonchev–Trinajstić information content (AvgIpc) is 3.32. The molecule has 3 aromatic rings. The van der Waals surface area contributed by atoms with Crippen LogP contribution >= 0.6 is 0 Å². The van der Waals surface area contributed by atoms with E-state index in [-0.39, 0.29) is 30.4 Å². The van der Waals surface area contributed by atoms with Crippen molar-refractivity contribution in [1.29, 1.82) is 0 Å². The van der Waals surface area contributed by atoms with E-state index in [1.54, 1.807) is 0 Å². The molecule has 162 valence electrons. The van der Waals surface area contributed by atoms with Crippen molar-refractivity contribution < 1.29 is 19.4 Å². The zero-order valence-electron chi connectivity index (χ0n) is 17.5. The van der Waals surface area contributed by atoms with Crippen molar-refractivity contribution in [3.63, 3.8) is 0 Å². The Morgan fingerprint density at radius 3 is 2.39 bits per heavy atom. The molecular weight excluding hydrogens is 394 g/mol. The van der Waals surface area contributed by atoms with Crippen molar-refractivity contribution in [3.8, 4) is 11.1 Å². The van der Waals surface area contributed by atoms with Crippen molar-refractivity contribution in [1.82, 2.24) is 15.4 Å². The lowest BCUT2D eigenvalue weighted by Crippen LogP contribution is -2.25. The Hall–Kier alpha value is -3.32. The van der Waals surface area contributed by atoms with Gasteiger partial charge in [0.15, 0.2) is 5.78 Å². The molecule has 7 heteroatoms. The maximum Gasteiger partial charge on any atom is 0.308 e. The van der Waals surface area contributed by atoms with Gasteiger partial charge in [0.2, 0.25) is 0 Å². The summed E-state index contributed by atoms with van der Waals surface area (Å²) < 4.78 is 5.36. The van der Waals surface area contributed by atoms with E-state index in [0.29, 0.717) is 19.4 Å². The van der Waals surface area contributed by atoms with E-state index in [2.05, 4.69) is 39.7 Å². The topological polar surface area (TPSA) is 105 Å². The Labute approximate surface area is 181 Å². The van der Waals surface area contributed by atoms with E-state index in [1.807, 2.05) is 37.3 Å². The minimum Gasteiger partial charge on any atom is -0.481 e. The molecule has 0 amide bonds. The number of hydrogen-bond acceptors (Lipinski definition) is 5. The van der Waals surface area contributed by atoms with Crippen LogP contribution < -0.4 is 0 Å². The minimum absolute atomic E-state index is 0.132. The number of hydrogen-bond donors (Lipinski definition) is 2. The van der Waals surface area contributed by atoms with E-state index in [0.717, 1.165) is 16.7 Å². The van der Waals surface area contributed by atoms with Crippen molar-refractivity contribution in [2.24, 2.45) is 11.8 Å². The van der Waals surface area contributed by atoms with Crippen LogP contribution in [0.25, 0.3) is 11.1 Å². The Bertz CT molecular complexity index is 956. The Kier molecular flexibility index (Phi) is 8.06. The number of aromatic amines is 1. The molecule has 2 N–H and O–H groups in total. The van der Waals surface area contributed by atoms with Crippen molar-refractivity contribution >= 4 is 11.8 Å². The number of aromatic nitrogens is 3. The van der Waals surface area contributed by atoms with Gasteiger partial charge in [-0.15, -0.1) is 0 Å². The molecule has 0 unspecified atom stereocenters. The fourth-order valence-electron chi connectivity index (χ4n) is 3.64. The molecule has 0 radical (unpaired) electrons. The van der Waals surface area contributed by atoms with Crippen LogP contribution in [0.2, 0.25) is 0 Å². The largest absolute Gasteiger partial charge is 0.481 e. The summed E-state index contributed by atoms with van der Waals surface area (Å²) in [7, 11) is 0. The van der Waals surface area contributed by atoms with E-state index < -0.39 is 11.9 Å². The number of carboxylic acid groups (broad SMARTS) is 1. The van der Waals surface area contributed by atoms with Crippen molar-refractivity contribution in [2.75, 3.05) is 13.2 Å². The van der Waals surface area contributed by atoms with Gasteiger partial charge in [-0.3, -0.25) is 9.59 Å². The molecule has 0 bridgehead atoms. The van der Waals surface area contributed by atoms with Crippen molar-refractivity contribution in [3.05, 3.63) is 72.1 Å². The molecule has 7 nitrogen and oxygen atoms in total. The molecule has 0 fully saturated rings. The molecule has 0 aliphatic carbocycles. The summed E-state index contributed by atoms with van der Waals surface area (Å²) in [4.78, 5) is 24.3. The molecule has 0 saturated heterocycles. The summed E-state index contributed by atoms with van der Waals surface area (Å²) in [5.41, 5.74) is 3.56. The quantitative estimate of drug-likeness (QED) is 0.428. The highest BCUT2D eigenvalue weighted by Crippen LogP contribution is 2.25. The number of carboxylic acids is 1. The van der Waals surface area contributed by atoms with Gasteiger partial charge in [-0.25, -0.2) is 0 Å². The lowest BCUT2D eigenvalue weighted by atomic mass is 9.85. The molecule has 0 spiro atoms. The number of benzene rings is 2. The molecule has 2 atom stereocenters. The molecule has 0 aliphatic heterocycles. The fraction of sp³-hybridized carbons (Fsp3) is 0.333. The first-order chi connectivity index (χ1) is 15.1. The van der Waals surface area contributed by atoms with Gasteiger partial charge in [0.1, 0.15) is 5.69 Å². The van der Waals surface area contributed by atoms with Gasteiger partial charge in [0.25, 0.3) is 0 Å². The highest BCUT2D eigenvalue weighted by atomic mass is 16.5. The van der Waals surface area contributed by atoms with E-state index in [9.17, 15) is 14.7 Å².